The molecule has 1 amide bonds. The molecule has 0 saturated carbocycles. The number of benzene rings is 1. The fourth-order valence-corrected chi connectivity index (χ4v) is 3.00. The smallest absolute Gasteiger partial charge is 0.280 e. The summed E-state index contributed by atoms with van der Waals surface area (Å²) in [7, 11) is 3.60. The molecule has 0 aliphatic rings. The van der Waals surface area contributed by atoms with Crippen molar-refractivity contribution in [2.24, 2.45) is 0 Å². The van der Waals surface area contributed by atoms with Crippen LogP contribution in [0.1, 0.15) is 48.8 Å². The molecule has 0 spiro atoms. The summed E-state index contributed by atoms with van der Waals surface area (Å²) in [4.78, 5) is 42.1. The lowest BCUT2D eigenvalue weighted by Crippen LogP contribution is -2.25. The summed E-state index contributed by atoms with van der Waals surface area (Å²) >= 11 is 0. The number of unbranched alkanes of at least 4 members (excludes halogenated alkanes) is 1. The molecule has 2 heterocycles. The van der Waals surface area contributed by atoms with Gasteiger partial charge in [0.1, 0.15) is 0 Å². The second-order valence-electron chi connectivity index (χ2n) is 7.07. The van der Waals surface area contributed by atoms with E-state index in [2.05, 4.69) is 37.5 Å². The van der Waals surface area contributed by atoms with E-state index in [0.29, 0.717) is 29.4 Å². The van der Waals surface area contributed by atoms with Gasteiger partial charge in [-0.2, -0.15) is 4.98 Å². The highest BCUT2D eigenvalue weighted by atomic mass is 16.1. The van der Waals surface area contributed by atoms with Crippen molar-refractivity contribution < 1.29 is 4.79 Å². The Hall–Kier alpha value is -3.49. The largest absolute Gasteiger partial charge is 0.366 e. The second kappa shape index (κ2) is 9.34. The summed E-state index contributed by atoms with van der Waals surface area (Å²) < 4.78 is 0. The number of aromatic nitrogens is 4. The number of H-pyrrole nitrogens is 1. The van der Waals surface area contributed by atoms with Crippen molar-refractivity contribution in [2.75, 3.05) is 30.9 Å². The fraction of sp³-hybridized carbons (Fsp3) is 0.381. The van der Waals surface area contributed by atoms with Crippen molar-refractivity contribution >= 4 is 28.7 Å². The SMILES string of the molecule is CCCCNC(=O)c1ccc(N(C)C(C)c2cnc3nc(NC)[nH]c(=O)c3n2)cc1. The van der Waals surface area contributed by atoms with Crippen molar-refractivity contribution in [3.63, 3.8) is 0 Å². The van der Waals surface area contributed by atoms with E-state index in [1.165, 1.54) is 0 Å². The molecule has 3 N–H and O–H groups in total. The highest BCUT2D eigenvalue weighted by Crippen LogP contribution is 2.24. The molecule has 0 radical (unpaired) electrons. The van der Waals surface area contributed by atoms with Crippen LogP contribution >= 0.6 is 0 Å². The van der Waals surface area contributed by atoms with Crippen LogP contribution in [0.4, 0.5) is 11.6 Å². The Kier molecular flexibility index (Phi) is 6.61. The number of hydrogen-bond acceptors (Lipinski definition) is 7. The van der Waals surface area contributed by atoms with E-state index in [1.54, 1.807) is 25.4 Å². The molecule has 1 atom stereocenters. The zero-order valence-corrected chi connectivity index (χ0v) is 17.7. The minimum Gasteiger partial charge on any atom is -0.366 e. The first-order chi connectivity index (χ1) is 14.4. The Morgan fingerprint density at radius 3 is 2.63 bits per heavy atom. The normalized spacial score (nSPS) is 11.9. The van der Waals surface area contributed by atoms with Gasteiger partial charge < -0.3 is 15.5 Å². The first kappa shape index (κ1) is 21.2. The van der Waals surface area contributed by atoms with Crippen LogP contribution in [0.25, 0.3) is 11.2 Å². The number of amides is 1. The average molecular weight is 409 g/mol. The molecule has 0 aliphatic heterocycles. The van der Waals surface area contributed by atoms with Crippen molar-refractivity contribution in [2.45, 2.75) is 32.7 Å². The van der Waals surface area contributed by atoms with Crippen LogP contribution in [-0.4, -0.2) is 46.5 Å². The van der Waals surface area contributed by atoms with Crippen LogP contribution in [0.15, 0.2) is 35.3 Å². The Balaban J connectivity index is 1.78. The standard InChI is InChI=1S/C21H27N7O2/c1-5-6-11-23-19(29)14-7-9-15(10-8-14)28(4)13(2)16-12-24-18-17(25-16)20(30)27-21(22-3)26-18/h7-10,12-13H,5-6,11H2,1-4H3,(H,23,29)(H2,22,24,26,27,30). The van der Waals surface area contributed by atoms with E-state index in [0.717, 1.165) is 18.5 Å². The molecule has 3 rings (SSSR count). The van der Waals surface area contributed by atoms with Gasteiger partial charge in [0.2, 0.25) is 5.95 Å². The van der Waals surface area contributed by atoms with E-state index in [9.17, 15) is 9.59 Å². The maximum absolute atomic E-state index is 12.3. The lowest BCUT2D eigenvalue weighted by atomic mass is 10.1. The zero-order chi connectivity index (χ0) is 21.7. The van der Waals surface area contributed by atoms with Gasteiger partial charge in [0.15, 0.2) is 11.2 Å². The molecule has 9 nitrogen and oxygen atoms in total. The quantitative estimate of drug-likeness (QED) is 0.490. The van der Waals surface area contributed by atoms with Crippen LogP contribution in [0, 0.1) is 0 Å². The van der Waals surface area contributed by atoms with Gasteiger partial charge in [-0.25, -0.2) is 9.97 Å². The third-order valence-corrected chi connectivity index (χ3v) is 5.03. The number of fused-ring (bicyclic) bond motifs is 1. The summed E-state index contributed by atoms with van der Waals surface area (Å²) in [5, 5.41) is 5.71. The predicted octanol–water partition coefficient (Wildman–Crippen LogP) is 2.48. The summed E-state index contributed by atoms with van der Waals surface area (Å²) in [6.07, 6.45) is 3.63. The molecule has 0 aliphatic carbocycles. The van der Waals surface area contributed by atoms with Gasteiger partial charge in [-0.15, -0.1) is 0 Å². The molecule has 0 fully saturated rings. The fourth-order valence-electron chi connectivity index (χ4n) is 3.00. The predicted molar refractivity (Wildman–Crippen MR) is 118 cm³/mol. The van der Waals surface area contributed by atoms with Gasteiger partial charge in [0, 0.05) is 31.9 Å². The molecular weight excluding hydrogens is 382 g/mol. The number of hydrogen-bond donors (Lipinski definition) is 3. The lowest BCUT2D eigenvalue weighted by Gasteiger charge is -2.26. The van der Waals surface area contributed by atoms with E-state index < -0.39 is 0 Å². The lowest BCUT2D eigenvalue weighted by molar-refractivity contribution is 0.0953. The first-order valence-corrected chi connectivity index (χ1v) is 10.0. The molecule has 0 saturated heterocycles. The summed E-state index contributed by atoms with van der Waals surface area (Å²) in [5.74, 6) is 0.275. The number of anilines is 2. The van der Waals surface area contributed by atoms with Crippen molar-refractivity contribution in [3.8, 4) is 0 Å². The highest BCUT2D eigenvalue weighted by Gasteiger charge is 2.17. The molecule has 1 aromatic carbocycles. The third-order valence-electron chi connectivity index (χ3n) is 5.03. The summed E-state index contributed by atoms with van der Waals surface area (Å²) in [6.45, 7) is 4.74. The van der Waals surface area contributed by atoms with Gasteiger partial charge in [0.25, 0.3) is 11.5 Å². The number of rotatable bonds is 8. The Bertz CT molecular complexity index is 1080. The van der Waals surface area contributed by atoms with Gasteiger partial charge >= 0.3 is 0 Å². The maximum atomic E-state index is 12.3. The average Bonchev–Trinajstić information content (AvgIpc) is 2.78. The highest BCUT2D eigenvalue weighted by molar-refractivity contribution is 5.94. The van der Waals surface area contributed by atoms with Gasteiger partial charge in [-0.05, 0) is 37.6 Å². The van der Waals surface area contributed by atoms with Crippen molar-refractivity contribution in [1.29, 1.82) is 0 Å². The Labute approximate surface area is 175 Å². The van der Waals surface area contributed by atoms with Gasteiger partial charge in [0.05, 0.1) is 17.9 Å². The monoisotopic (exact) mass is 409 g/mol. The van der Waals surface area contributed by atoms with Crippen LogP contribution in [0.2, 0.25) is 0 Å². The summed E-state index contributed by atoms with van der Waals surface area (Å²) in [5.41, 5.74) is 2.35. The van der Waals surface area contributed by atoms with E-state index in [4.69, 9.17) is 0 Å². The van der Waals surface area contributed by atoms with Gasteiger partial charge in [-0.1, -0.05) is 13.3 Å². The van der Waals surface area contributed by atoms with Gasteiger partial charge in [-0.3, -0.25) is 14.6 Å². The topological polar surface area (TPSA) is 116 Å². The van der Waals surface area contributed by atoms with E-state index in [-0.39, 0.29) is 23.0 Å². The van der Waals surface area contributed by atoms with Crippen LogP contribution in [-0.2, 0) is 0 Å². The minimum atomic E-state index is -0.341. The summed E-state index contributed by atoms with van der Waals surface area (Å²) in [6, 6.07) is 7.26. The molecule has 9 heteroatoms. The molecule has 2 aromatic heterocycles. The van der Waals surface area contributed by atoms with Crippen molar-refractivity contribution in [1.82, 2.24) is 25.3 Å². The first-order valence-electron chi connectivity index (χ1n) is 10.0. The molecule has 158 valence electrons. The number of nitrogens with zero attached hydrogens (tertiary/aromatic N) is 4. The molecular formula is C21H27N7O2. The molecule has 0 bridgehead atoms. The third kappa shape index (κ3) is 4.56. The Morgan fingerprint density at radius 1 is 1.23 bits per heavy atom. The van der Waals surface area contributed by atoms with Crippen LogP contribution in [0.5, 0.6) is 0 Å². The number of carbonyl (C=O) groups excluding carboxylic acids is 1. The minimum absolute atomic E-state index is 0.0706. The maximum Gasteiger partial charge on any atom is 0.280 e. The number of carbonyl (C=O) groups is 1. The molecule has 1 unspecified atom stereocenters. The number of nitrogens with one attached hydrogen (secondary N) is 3. The number of aromatic amines is 1. The second-order valence-corrected chi connectivity index (χ2v) is 7.07. The van der Waals surface area contributed by atoms with E-state index >= 15 is 0 Å². The van der Waals surface area contributed by atoms with Crippen LogP contribution in [0.3, 0.4) is 0 Å². The van der Waals surface area contributed by atoms with Crippen molar-refractivity contribution in [3.05, 3.63) is 52.1 Å². The molecule has 30 heavy (non-hydrogen) atoms. The zero-order valence-electron chi connectivity index (χ0n) is 17.7. The Morgan fingerprint density at radius 2 is 1.97 bits per heavy atom. The molecule has 3 aromatic rings. The van der Waals surface area contributed by atoms with Crippen LogP contribution < -0.4 is 21.1 Å². The van der Waals surface area contributed by atoms with E-state index in [1.807, 2.05) is 31.0 Å².